The summed E-state index contributed by atoms with van der Waals surface area (Å²) in [4.78, 5) is 27.2. The van der Waals surface area contributed by atoms with Gasteiger partial charge in [0.05, 0.1) is 11.6 Å². The van der Waals surface area contributed by atoms with Gasteiger partial charge in [0.15, 0.2) is 5.69 Å². The number of amides is 1. The average Bonchev–Trinajstić information content (AvgIpc) is 2.70. The van der Waals surface area contributed by atoms with Crippen molar-refractivity contribution < 1.29 is 4.79 Å². The zero-order valence-electron chi connectivity index (χ0n) is 16.2. The largest absolute Gasteiger partial charge is 0.378 e. The van der Waals surface area contributed by atoms with Crippen molar-refractivity contribution in [3.8, 4) is 0 Å². The van der Waals surface area contributed by atoms with Crippen LogP contribution in [0.1, 0.15) is 29.4 Å². The fraction of sp³-hybridized carbons (Fsp3) is 0.238. The molecule has 28 heavy (non-hydrogen) atoms. The molecule has 0 radical (unpaired) electrons. The van der Waals surface area contributed by atoms with Gasteiger partial charge in [-0.15, -0.1) is 0 Å². The van der Waals surface area contributed by atoms with Crippen LogP contribution in [0.3, 0.4) is 0 Å². The number of aromatic nitrogens is 2. The number of carbonyl (C=O) groups excluding carboxylic acids is 1. The second kappa shape index (κ2) is 8.47. The van der Waals surface area contributed by atoms with E-state index in [1.807, 2.05) is 50.2 Å². The molecule has 0 atom stereocenters. The van der Waals surface area contributed by atoms with Crippen molar-refractivity contribution in [3.05, 3.63) is 70.1 Å². The van der Waals surface area contributed by atoms with Gasteiger partial charge in [-0.1, -0.05) is 37.3 Å². The van der Waals surface area contributed by atoms with Gasteiger partial charge in [0.1, 0.15) is 0 Å². The van der Waals surface area contributed by atoms with Gasteiger partial charge in [0.25, 0.3) is 11.5 Å². The first kappa shape index (κ1) is 19.3. The van der Waals surface area contributed by atoms with Crippen molar-refractivity contribution >= 4 is 28.6 Å². The summed E-state index contributed by atoms with van der Waals surface area (Å²) >= 11 is 0. The third kappa shape index (κ3) is 4.09. The number of benzene rings is 2. The van der Waals surface area contributed by atoms with E-state index in [-0.39, 0.29) is 11.3 Å². The second-order valence-electron chi connectivity index (χ2n) is 6.61. The first-order chi connectivity index (χ1) is 13.5. The van der Waals surface area contributed by atoms with Gasteiger partial charge in [-0.05, 0) is 30.2 Å². The van der Waals surface area contributed by atoms with E-state index in [1.165, 1.54) is 4.68 Å². The molecule has 0 saturated carbocycles. The number of fused-ring (bicyclic) bond motifs is 1. The third-order valence-electron chi connectivity index (χ3n) is 4.31. The highest BCUT2D eigenvalue weighted by atomic mass is 16.2. The molecule has 0 saturated heterocycles. The zero-order chi connectivity index (χ0) is 20.1. The lowest BCUT2D eigenvalue weighted by Gasteiger charge is -2.11. The second-order valence-corrected chi connectivity index (χ2v) is 6.61. The van der Waals surface area contributed by atoms with E-state index in [9.17, 15) is 9.59 Å². The molecule has 0 aliphatic carbocycles. The van der Waals surface area contributed by atoms with E-state index < -0.39 is 5.91 Å². The third-order valence-corrected chi connectivity index (χ3v) is 4.31. The molecule has 0 bridgehead atoms. The number of anilines is 1. The highest BCUT2D eigenvalue weighted by Gasteiger charge is 2.15. The summed E-state index contributed by atoms with van der Waals surface area (Å²) < 4.78 is 1.33. The summed E-state index contributed by atoms with van der Waals surface area (Å²) in [5.74, 6) is -0.456. The SMILES string of the molecule is CCCn1nc(C(=O)NN=Cc2ccc(N(C)C)cc2)c2ccccc2c1=O. The minimum atomic E-state index is -0.456. The Labute approximate surface area is 163 Å². The number of nitrogens with zero attached hydrogens (tertiary/aromatic N) is 4. The molecular weight excluding hydrogens is 354 g/mol. The van der Waals surface area contributed by atoms with Crippen LogP contribution in [0.15, 0.2) is 58.4 Å². The van der Waals surface area contributed by atoms with Crippen molar-refractivity contribution in [2.75, 3.05) is 19.0 Å². The van der Waals surface area contributed by atoms with Gasteiger partial charge >= 0.3 is 0 Å². The van der Waals surface area contributed by atoms with Crippen molar-refractivity contribution in [2.24, 2.45) is 5.10 Å². The predicted molar refractivity (Wildman–Crippen MR) is 112 cm³/mol. The molecule has 3 aromatic rings. The normalized spacial score (nSPS) is 11.1. The van der Waals surface area contributed by atoms with Crippen LogP contribution in [0.5, 0.6) is 0 Å². The minimum Gasteiger partial charge on any atom is -0.378 e. The smallest absolute Gasteiger partial charge is 0.292 e. The topological polar surface area (TPSA) is 79.6 Å². The lowest BCUT2D eigenvalue weighted by molar-refractivity contribution is 0.0949. The van der Waals surface area contributed by atoms with Gasteiger partial charge in [0.2, 0.25) is 0 Å². The van der Waals surface area contributed by atoms with Gasteiger partial charge in [-0.3, -0.25) is 9.59 Å². The molecule has 144 valence electrons. The van der Waals surface area contributed by atoms with Crippen LogP contribution >= 0.6 is 0 Å². The lowest BCUT2D eigenvalue weighted by Crippen LogP contribution is -2.29. The first-order valence-electron chi connectivity index (χ1n) is 9.12. The maximum atomic E-state index is 12.7. The fourth-order valence-electron chi connectivity index (χ4n) is 2.84. The van der Waals surface area contributed by atoms with Crippen LogP contribution < -0.4 is 15.9 Å². The Bertz CT molecular complexity index is 1070. The average molecular weight is 377 g/mol. The van der Waals surface area contributed by atoms with E-state index in [1.54, 1.807) is 30.5 Å². The van der Waals surface area contributed by atoms with Crippen molar-refractivity contribution in [2.45, 2.75) is 19.9 Å². The van der Waals surface area contributed by atoms with E-state index >= 15 is 0 Å². The molecule has 3 rings (SSSR count). The van der Waals surface area contributed by atoms with Crippen LogP contribution in [0.2, 0.25) is 0 Å². The summed E-state index contributed by atoms with van der Waals surface area (Å²) in [5, 5.41) is 9.28. The monoisotopic (exact) mass is 377 g/mol. The lowest BCUT2D eigenvalue weighted by atomic mass is 10.1. The fourth-order valence-corrected chi connectivity index (χ4v) is 2.84. The number of hydrogen-bond donors (Lipinski definition) is 1. The number of carbonyl (C=O) groups is 1. The highest BCUT2D eigenvalue weighted by molar-refractivity contribution is 6.04. The molecule has 0 fully saturated rings. The predicted octanol–water partition coefficient (Wildman–Crippen LogP) is 2.64. The van der Waals surface area contributed by atoms with Crippen LogP contribution in [-0.4, -0.2) is 36.0 Å². The molecule has 0 aliphatic rings. The Hall–Kier alpha value is -3.48. The molecule has 0 aliphatic heterocycles. The molecule has 1 heterocycles. The maximum absolute atomic E-state index is 12.7. The van der Waals surface area contributed by atoms with Gasteiger partial charge in [-0.25, -0.2) is 10.1 Å². The Kier molecular flexibility index (Phi) is 5.84. The summed E-state index contributed by atoms with van der Waals surface area (Å²) in [5.41, 5.74) is 4.44. The van der Waals surface area contributed by atoms with E-state index in [4.69, 9.17) is 0 Å². The van der Waals surface area contributed by atoms with Crippen LogP contribution in [0, 0.1) is 0 Å². The molecule has 1 aromatic heterocycles. The Morgan fingerprint density at radius 1 is 1.14 bits per heavy atom. The summed E-state index contributed by atoms with van der Waals surface area (Å²) in [6.07, 6.45) is 2.31. The van der Waals surface area contributed by atoms with Crippen LogP contribution in [-0.2, 0) is 6.54 Å². The molecule has 7 nitrogen and oxygen atoms in total. The molecule has 0 unspecified atom stereocenters. The quantitative estimate of drug-likeness (QED) is 0.529. The van der Waals surface area contributed by atoms with Gasteiger partial charge in [0, 0.05) is 31.7 Å². The Morgan fingerprint density at radius 3 is 2.46 bits per heavy atom. The standard InChI is InChI=1S/C21H23N5O2/c1-4-13-26-21(28)18-8-6-5-7-17(18)19(24-26)20(27)23-22-14-15-9-11-16(12-10-15)25(2)3/h5-12,14H,4,13H2,1-3H3,(H,23,27). The van der Waals surface area contributed by atoms with Gasteiger partial charge < -0.3 is 4.90 Å². The zero-order valence-corrected chi connectivity index (χ0v) is 16.2. The molecule has 1 amide bonds. The first-order valence-corrected chi connectivity index (χ1v) is 9.12. The Balaban J connectivity index is 1.85. The molecule has 2 aromatic carbocycles. The summed E-state index contributed by atoms with van der Waals surface area (Å²) in [7, 11) is 3.94. The molecular formula is C21H23N5O2. The molecule has 7 heteroatoms. The van der Waals surface area contributed by atoms with Crippen molar-refractivity contribution in [3.63, 3.8) is 0 Å². The molecule has 1 N–H and O–H groups in total. The van der Waals surface area contributed by atoms with Gasteiger partial charge in [-0.2, -0.15) is 10.2 Å². The number of hydrazone groups is 1. The summed E-state index contributed by atoms with van der Waals surface area (Å²) in [6.45, 7) is 2.40. The summed E-state index contributed by atoms with van der Waals surface area (Å²) in [6, 6.07) is 14.8. The maximum Gasteiger partial charge on any atom is 0.292 e. The highest BCUT2D eigenvalue weighted by Crippen LogP contribution is 2.14. The van der Waals surface area contributed by atoms with Crippen LogP contribution in [0.4, 0.5) is 5.69 Å². The van der Waals surface area contributed by atoms with Crippen molar-refractivity contribution in [1.82, 2.24) is 15.2 Å². The minimum absolute atomic E-state index is 0.184. The number of nitrogens with one attached hydrogen (secondary N) is 1. The number of rotatable bonds is 6. The van der Waals surface area contributed by atoms with E-state index in [2.05, 4.69) is 15.6 Å². The molecule has 0 spiro atoms. The van der Waals surface area contributed by atoms with Crippen LogP contribution in [0.25, 0.3) is 10.8 Å². The van der Waals surface area contributed by atoms with Crippen molar-refractivity contribution in [1.29, 1.82) is 0 Å². The number of hydrogen-bond acceptors (Lipinski definition) is 5. The van der Waals surface area contributed by atoms with E-state index in [0.29, 0.717) is 17.3 Å². The number of aryl methyl sites for hydroxylation is 1. The van der Waals surface area contributed by atoms with E-state index in [0.717, 1.165) is 17.7 Å². The Morgan fingerprint density at radius 2 is 1.82 bits per heavy atom.